The first kappa shape index (κ1) is 18.5. The Morgan fingerprint density at radius 2 is 2.03 bits per heavy atom. The molecule has 4 rings (SSSR count). The van der Waals surface area contributed by atoms with E-state index in [4.69, 9.17) is 10.5 Å². The van der Waals surface area contributed by atoms with Gasteiger partial charge in [-0.05, 0) is 48.7 Å². The summed E-state index contributed by atoms with van der Waals surface area (Å²) in [5.74, 6) is 6.60. The first-order valence-electron chi connectivity index (χ1n) is 9.20. The first-order valence-corrected chi connectivity index (χ1v) is 9.20. The predicted molar refractivity (Wildman–Crippen MR) is 110 cm³/mol. The molecule has 0 radical (unpaired) electrons. The van der Waals surface area contributed by atoms with Crippen LogP contribution in [-0.4, -0.2) is 27.9 Å². The van der Waals surface area contributed by atoms with Gasteiger partial charge in [0.25, 0.3) is 5.91 Å². The van der Waals surface area contributed by atoms with E-state index in [1.165, 1.54) is 0 Å². The van der Waals surface area contributed by atoms with Gasteiger partial charge in [-0.15, -0.1) is 0 Å². The molecule has 144 valence electrons. The van der Waals surface area contributed by atoms with Crippen molar-refractivity contribution in [3.05, 3.63) is 82.4 Å². The predicted octanol–water partition coefficient (Wildman–Crippen LogP) is 2.93. The molecule has 0 bridgehead atoms. The number of benzene rings is 1. The van der Waals surface area contributed by atoms with Crippen molar-refractivity contribution in [2.75, 3.05) is 12.8 Å². The number of ether oxygens (including phenoxy) is 1. The van der Waals surface area contributed by atoms with Gasteiger partial charge in [-0.1, -0.05) is 12.0 Å². The fourth-order valence-electron chi connectivity index (χ4n) is 3.32. The van der Waals surface area contributed by atoms with Crippen LogP contribution >= 0.6 is 0 Å². The van der Waals surface area contributed by atoms with Crippen LogP contribution in [0.5, 0.6) is 5.75 Å². The Balaban J connectivity index is 1.62. The lowest BCUT2D eigenvalue weighted by atomic mass is 10.1. The number of hydrogen-bond acceptors (Lipinski definition) is 5. The number of nitrogens with two attached hydrogens (primary N) is 1. The molecular weight excluding hydrogens is 364 g/mol. The Morgan fingerprint density at radius 1 is 1.17 bits per heavy atom. The molecule has 1 aliphatic heterocycles. The van der Waals surface area contributed by atoms with Crippen molar-refractivity contribution in [1.82, 2.24) is 14.9 Å². The molecule has 0 saturated carbocycles. The zero-order chi connectivity index (χ0) is 20.4. The third-order valence-corrected chi connectivity index (χ3v) is 4.95. The molecule has 1 amide bonds. The van der Waals surface area contributed by atoms with Gasteiger partial charge in [0.1, 0.15) is 11.4 Å². The molecule has 1 aliphatic rings. The molecule has 2 aromatic heterocycles. The molecule has 0 atom stereocenters. The van der Waals surface area contributed by atoms with Crippen molar-refractivity contribution >= 4 is 11.6 Å². The van der Waals surface area contributed by atoms with Gasteiger partial charge in [0, 0.05) is 36.6 Å². The number of anilines is 1. The molecule has 6 nitrogen and oxygen atoms in total. The summed E-state index contributed by atoms with van der Waals surface area (Å²) in [4.78, 5) is 23.4. The van der Waals surface area contributed by atoms with Crippen LogP contribution in [0.2, 0.25) is 0 Å². The number of carbonyl (C=O) groups is 1. The summed E-state index contributed by atoms with van der Waals surface area (Å²) >= 11 is 0. The van der Waals surface area contributed by atoms with Gasteiger partial charge in [-0.3, -0.25) is 9.78 Å². The summed E-state index contributed by atoms with van der Waals surface area (Å²) in [6, 6.07) is 10.8. The number of methoxy groups -OCH3 is 1. The highest BCUT2D eigenvalue weighted by atomic mass is 16.5. The van der Waals surface area contributed by atoms with Gasteiger partial charge in [0.15, 0.2) is 0 Å². The topological polar surface area (TPSA) is 81.3 Å². The van der Waals surface area contributed by atoms with E-state index in [-0.39, 0.29) is 5.91 Å². The molecule has 0 fully saturated rings. The number of rotatable bonds is 2. The normalized spacial score (nSPS) is 12.1. The van der Waals surface area contributed by atoms with Crippen LogP contribution in [0.25, 0.3) is 0 Å². The third-order valence-electron chi connectivity index (χ3n) is 4.95. The van der Waals surface area contributed by atoms with Crippen LogP contribution < -0.4 is 10.5 Å². The van der Waals surface area contributed by atoms with E-state index in [9.17, 15) is 4.79 Å². The van der Waals surface area contributed by atoms with Gasteiger partial charge in [-0.2, -0.15) is 0 Å². The maximum atomic E-state index is 13.1. The van der Waals surface area contributed by atoms with E-state index < -0.39 is 0 Å². The number of pyridine rings is 2. The molecule has 29 heavy (non-hydrogen) atoms. The molecule has 1 aromatic carbocycles. The Labute approximate surface area is 169 Å². The minimum Gasteiger partial charge on any atom is -0.495 e. The number of carbonyl (C=O) groups excluding carboxylic acids is 1. The number of nitrogen functional groups attached to an aromatic ring is 1. The average molecular weight is 384 g/mol. The lowest BCUT2D eigenvalue weighted by Crippen LogP contribution is -2.25. The Kier molecular flexibility index (Phi) is 4.88. The molecular formula is C23H20N4O2. The lowest BCUT2D eigenvalue weighted by Gasteiger charge is -2.16. The van der Waals surface area contributed by atoms with E-state index in [2.05, 4.69) is 21.8 Å². The van der Waals surface area contributed by atoms with Gasteiger partial charge in [0.2, 0.25) is 0 Å². The lowest BCUT2D eigenvalue weighted by molar-refractivity contribution is 0.0751. The van der Waals surface area contributed by atoms with Gasteiger partial charge in [-0.25, -0.2) is 4.98 Å². The van der Waals surface area contributed by atoms with Crippen LogP contribution in [0, 0.1) is 18.8 Å². The monoisotopic (exact) mass is 384 g/mol. The summed E-state index contributed by atoms with van der Waals surface area (Å²) in [6.45, 7) is 2.84. The van der Waals surface area contributed by atoms with Crippen molar-refractivity contribution in [1.29, 1.82) is 0 Å². The Bertz CT molecular complexity index is 1150. The number of aryl methyl sites for hydroxylation is 1. The third kappa shape index (κ3) is 3.63. The molecule has 6 heteroatoms. The quantitative estimate of drug-likeness (QED) is 0.687. The maximum Gasteiger partial charge on any atom is 0.254 e. The van der Waals surface area contributed by atoms with Crippen molar-refractivity contribution in [2.24, 2.45) is 0 Å². The first-order chi connectivity index (χ1) is 14.1. The van der Waals surface area contributed by atoms with Crippen molar-refractivity contribution in [2.45, 2.75) is 20.0 Å². The number of fused-ring (bicyclic) bond motifs is 1. The summed E-state index contributed by atoms with van der Waals surface area (Å²) in [6.07, 6.45) is 3.49. The average Bonchev–Trinajstić information content (AvgIpc) is 3.20. The second kappa shape index (κ2) is 7.64. The zero-order valence-corrected chi connectivity index (χ0v) is 16.3. The molecule has 0 unspecified atom stereocenters. The number of hydrogen-bond donors (Lipinski definition) is 1. The summed E-state index contributed by atoms with van der Waals surface area (Å²) in [5, 5.41) is 0. The van der Waals surface area contributed by atoms with Crippen molar-refractivity contribution in [3.8, 4) is 17.6 Å². The van der Waals surface area contributed by atoms with E-state index in [0.717, 1.165) is 16.8 Å². The van der Waals surface area contributed by atoms with Crippen LogP contribution in [0.15, 0.2) is 48.8 Å². The highest BCUT2D eigenvalue weighted by Crippen LogP contribution is 2.30. The Morgan fingerprint density at radius 3 is 2.79 bits per heavy atom. The summed E-state index contributed by atoms with van der Waals surface area (Å²) in [7, 11) is 1.58. The summed E-state index contributed by atoms with van der Waals surface area (Å²) in [5.41, 5.74) is 11.4. The highest BCUT2D eigenvalue weighted by molar-refractivity contribution is 5.95. The number of amides is 1. The Hall–Kier alpha value is -3.85. The van der Waals surface area contributed by atoms with Crippen LogP contribution in [0.3, 0.4) is 0 Å². The SMILES string of the molecule is COc1ccc(C(=O)N2Cc3cnc(C)c(N)c3C2)cc1C#Cc1ccccn1. The fraction of sp³-hybridized carbons (Fsp3) is 0.174. The molecule has 0 saturated heterocycles. The minimum absolute atomic E-state index is 0.0817. The van der Waals surface area contributed by atoms with Crippen LogP contribution in [0.1, 0.15) is 38.4 Å². The molecule has 2 N–H and O–H groups in total. The van der Waals surface area contributed by atoms with E-state index in [0.29, 0.717) is 41.3 Å². The number of nitrogens with zero attached hydrogens (tertiary/aromatic N) is 3. The van der Waals surface area contributed by atoms with E-state index in [1.807, 2.05) is 25.1 Å². The highest BCUT2D eigenvalue weighted by Gasteiger charge is 2.27. The smallest absolute Gasteiger partial charge is 0.254 e. The second-order valence-corrected chi connectivity index (χ2v) is 6.80. The standard InChI is InChI=1S/C23H20N4O2/c1-15-22(24)20-14-27(13-18(20)12-26-15)23(28)17-7-9-21(29-2)16(11-17)6-8-19-5-3-4-10-25-19/h3-5,7,9-12H,13-14,24H2,1-2H3. The van der Waals surface area contributed by atoms with E-state index >= 15 is 0 Å². The van der Waals surface area contributed by atoms with Crippen molar-refractivity contribution < 1.29 is 9.53 Å². The molecule has 3 heterocycles. The van der Waals surface area contributed by atoms with Gasteiger partial charge in [0.05, 0.1) is 24.1 Å². The van der Waals surface area contributed by atoms with Crippen LogP contribution in [-0.2, 0) is 13.1 Å². The largest absolute Gasteiger partial charge is 0.495 e. The summed E-state index contributed by atoms with van der Waals surface area (Å²) < 4.78 is 5.40. The maximum absolute atomic E-state index is 13.1. The molecule has 0 spiro atoms. The minimum atomic E-state index is -0.0817. The fourth-order valence-corrected chi connectivity index (χ4v) is 3.32. The van der Waals surface area contributed by atoms with Gasteiger partial charge < -0.3 is 15.4 Å². The van der Waals surface area contributed by atoms with Crippen molar-refractivity contribution in [3.63, 3.8) is 0 Å². The van der Waals surface area contributed by atoms with E-state index in [1.54, 1.807) is 42.6 Å². The second-order valence-electron chi connectivity index (χ2n) is 6.80. The number of aromatic nitrogens is 2. The van der Waals surface area contributed by atoms with Crippen LogP contribution in [0.4, 0.5) is 5.69 Å². The molecule has 3 aromatic rings. The molecule has 0 aliphatic carbocycles. The van der Waals surface area contributed by atoms with Gasteiger partial charge >= 0.3 is 0 Å². The zero-order valence-electron chi connectivity index (χ0n) is 16.3.